The second-order valence-electron chi connectivity index (χ2n) is 8.98. The molecule has 1 atom stereocenters. The zero-order valence-electron chi connectivity index (χ0n) is 18.0. The lowest BCUT2D eigenvalue weighted by Gasteiger charge is -2.15. The van der Waals surface area contributed by atoms with Crippen LogP contribution in [0.4, 0.5) is 5.82 Å². The first kappa shape index (κ1) is 19.7. The van der Waals surface area contributed by atoms with Gasteiger partial charge >= 0.3 is 0 Å². The van der Waals surface area contributed by atoms with Crippen molar-refractivity contribution in [3.05, 3.63) is 88.4 Å². The first-order chi connectivity index (χ1) is 16.1. The van der Waals surface area contributed by atoms with Crippen LogP contribution in [-0.2, 0) is 23.3 Å². The summed E-state index contributed by atoms with van der Waals surface area (Å²) in [5, 5.41) is 7.17. The number of pyridine rings is 1. The van der Waals surface area contributed by atoms with Gasteiger partial charge in [0.1, 0.15) is 6.04 Å². The predicted octanol–water partition coefficient (Wildman–Crippen LogP) is 3.02. The highest BCUT2D eigenvalue weighted by atomic mass is 16.2. The van der Waals surface area contributed by atoms with E-state index in [1.807, 2.05) is 42.5 Å². The molecule has 1 spiro atoms. The SMILES string of the molecule is O=C(NCc1cc2cnccc2[nH]1)[C@@H]1CC2(CC2)c2cnc(NCc3ccccc3)c(=O)n21. The van der Waals surface area contributed by atoms with Crippen molar-refractivity contribution >= 4 is 22.6 Å². The Morgan fingerprint density at radius 1 is 1.15 bits per heavy atom. The summed E-state index contributed by atoms with van der Waals surface area (Å²) in [5.41, 5.74) is 3.51. The third-order valence-corrected chi connectivity index (χ3v) is 6.82. The van der Waals surface area contributed by atoms with Crippen LogP contribution in [0, 0.1) is 0 Å². The van der Waals surface area contributed by atoms with Crippen molar-refractivity contribution in [1.82, 2.24) is 24.8 Å². The first-order valence-corrected chi connectivity index (χ1v) is 11.2. The van der Waals surface area contributed by atoms with Gasteiger partial charge in [-0.25, -0.2) is 4.98 Å². The van der Waals surface area contributed by atoms with Gasteiger partial charge in [0.05, 0.1) is 6.54 Å². The van der Waals surface area contributed by atoms with E-state index in [9.17, 15) is 9.59 Å². The summed E-state index contributed by atoms with van der Waals surface area (Å²) in [4.78, 5) is 38.4. The van der Waals surface area contributed by atoms with Gasteiger partial charge in [-0.05, 0) is 37.0 Å². The number of hydrogen-bond donors (Lipinski definition) is 3. The van der Waals surface area contributed by atoms with Gasteiger partial charge in [0.25, 0.3) is 5.56 Å². The third-order valence-electron chi connectivity index (χ3n) is 6.82. The van der Waals surface area contributed by atoms with Crippen molar-refractivity contribution < 1.29 is 4.79 Å². The van der Waals surface area contributed by atoms with E-state index < -0.39 is 6.04 Å². The number of aromatic amines is 1. The number of carbonyl (C=O) groups is 1. The maximum atomic E-state index is 13.3. The average Bonchev–Trinajstić information content (AvgIpc) is 3.37. The Morgan fingerprint density at radius 2 is 2.00 bits per heavy atom. The standard InChI is InChI=1S/C25H24N6O2/c32-23(29-14-18-10-17-13-26-9-6-19(17)30-18)20-11-25(7-8-25)21-15-28-22(24(33)31(20)21)27-12-16-4-2-1-3-5-16/h1-6,9-10,13,15,20,30H,7-8,11-12,14H2,(H,27,28)(H,29,32)/t20-/m0/s1. The molecule has 1 fully saturated rings. The van der Waals surface area contributed by atoms with Crippen molar-refractivity contribution in [1.29, 1.82) is 0 Å². The van der Waals surface area contributed by atoms with Gasteiger partial charge in [0.2, 0.25) is 5.91 Å². The number of carbonyl (C=O) groups excluding carboxylic acids is 1. The zero-order valence-corrected chi connectivity index (χ0v) is 18.0. The largest absolute Gasteiger partial charge is 0.361 e. The summed E-state index contributed by atoms with van der Waals surface area (Å²) < 4.78 is 1.66. The molecule has 3 aromatic heterocycles. The van der Waals surface area contributed by atoms with Crippen LogP contribution in [0.25, 0.3) is 10.9 Å². The molecule has 33 heavy (non-hydrogen) atoms. The summed E-state index contributed by atoms with van der Waals surface area (Å²) in [5.74, 6) is 0.139. The molecule has 1 aromatic carbocycles. The molecule has 0 unspecified atom stereocenters. The summed E-state index contributed by atoms with van der Waals surface area (Å²) in [6, 6.07) is 13.2. The molecule has 8 heteroatoms. The third kappa shape index (κ3) is 3.47. The highest BCUT2D eigenvalue weighted by Gasteiger charge is 2.55. The fourth-order valence-corrected chi connectivity index (χ4v) is 4.89. The normalized spacial score (nSPS) is 17.8. The molecule has 6 rings (SSSR count). The van der Waals surface area contributed by atoms with Crippen LogP contribution in [0.5, 0.6) is 0 Å². The Balaban J connectivity index is 1.23. The number of hydrogen-bond acceptors (Lipinski definition) is 5. The maximum Gasteiger partial charge on any atom is 0.294 e. The molecule has 1 amide bonds. The van der Waals surface area contributed by atoms with Crippen LogP contribution in [0.2, 0.25) is 0 Å². The number of anilines is 1. The van der Waals surface area contributed by atoms with Gasteiger partial charge in [-0.2, -0.15) is 0 Å². The lowest BCUT2D eigenvalue weighted by atomic mass is 9.99. The molecule has 8 nitrogen and oxygen atoms in total. The van der Waals surface area contributed by atoms with Crippen LogP contribution in [0.1, 0.15) is 42.3 Å². The topological polar surface area (TPSA) is 105 Å². The van der Waals surface area contributed by atoms with E-state index in [-0.39, 0.29) is 22.7 Å². The minimum absolute atomic E-state index is 0.0844. The molecule has 0 bridgehead atoms. The minimum Gasteiger partial charge on any atom is -0.361 e. The molecule has 1 aliphatic carbocycles. The zero-order chi connectivity index (χ0) is 22.4. The molecular formula is C25H24N6O2. The van der Waals surface area contributed by atoms with Crippen LogP contribution in [-0.4, -0.2) is 25.4 Å². The highest BCUT2D eigenvalue weighted by Crippen LogP contribution is 2.57. The number of rotatable bonds is 6. The Hall–Kier alpha value is -3.94. The van der Waals surface area contributed by atoms with Crippen molar-refractivity contribution in [2.75, 3.05) is 5.32 Å². The van der Waals surface area contributed by atoms with E-state index in [2.05, 4.69) is 25.6 Å². The number of amides is 1. The van der Waals surface area contributed by atoms with Crippen LogP contribution in [0.3, 0.4) is 0 Å². The van der Waals surface area contributed by atoms with E-state index in [0.717, 1.165) is 40.7 Å². The first-order valence-electron chi connectivity index (χ1n) is 11.2. The average molecular weight is 441 g/mol. The van der Waals surface area contributed by atoms with Gasteiger partial charge in [-0.3, -0.25) is 19.1 Å². The van der Waals surface area contributed by atoms with Crippen molar-refractivity contribution in [3.63, 3.8) is 0 Å². The van der Waals surface area contributed by atoms with E-state index in [4.69, 9.17) is 0 Å². The number of aromatic nitrogens is 4. The maximum absolute atomic E-state index is 13.3. The molecule has 4 aromatic rings. The minimum atomic E-state index is -0.527. The molecule has 2 aliphatic rings. The van der Waals surface area contributed by atoms with E-state index in [1.54, 1.807) is 23.2 Å². The Kier molecular flexibility index (Phi) is 4.53. The smallest absolute Gasteiger partial charge is 0.294 e. The molecule has 166 valence electrons. The monoisotopic (exact) mass is 440 g/mol. The Morgan fingerprint density at radius 3 is 2.79 bits per heavy atom. The summed E-state index contributed by atoms with van der Waals surface area (Å²) in [6.07, 6.45) is 7.93. The van der Waals surface area contributed by atoms with Gasteiger partial charge in [0, 0.05) is 52.8 Å². The fraction of sp³-hybridized carbons (Fsp3) is 0.280. The quantitative estimate of drug-likeness (QED) is 0.428. The molecule has 1 saturated carbocycles. The molecular weight excluding hydrogens is 416 g/mol. The number of nitrogens with one attached hydrogen (secondary N) is 3. The molecule has 0 radical (unpaired) electrons. The number of fused-ring (bicyclic) bond motifs is 3. The van der Waals surface area contributed by atoms with Crippen molar-refractivity contribution in [2.24, 2.45) is 0 Å². The number of nitrogens with zero attached hydrogens (tertiary/aromatic N) is 3. The predicted molar refractivity (Wildman–Crippen MR) is 125 cm³/mol. The number of H-pyrrole nitrogens is 1. The van der Waals surface area contributed by atoms with E-state index >= 15 is 0 Å². The molecule has 3 N–H and O–H groups in total. The van der Waals surface area contributed by atoms with Gasteiger partial charge < -0.3 is 15.6 Å². The summed E-state index contributed by atoms with van der Waals surface area (Å²) >= 11 is 0. The molecule has 0 saturated heterocycles. The van der Waals surface area contributed by atoms with E-state index in [1.165, 1.54) is 0 Å². The second kappa shape index (κ2) is 7.58. The van der Waals surface area contributed by atoms with Gasteiger partial charge in [0.15, 0.2) is 5.82 Å². The van der Waals surface area contributed by atoms with E-state index in [0.29, 0.717) is 19.5 Å². The molecule has 4 heterocycles. The Labute approximate surface area is 190 Å². The lowest BCUT2D eigenvalue weighted by Crippen LogP contribution is -2.36. The van der Waals surface area contributed by atoms with Crippen molar-refractivity contribution in [2.45, 2.75) is 43.8 Å². The van der Waals surface area contributed by atoms with Crippen LogP contribution < -0.4 is 16.2 Å². The second-order valence-corrected chi connectivity index (χ2v) is 8.98. The number of benzene rings is 1. The lowest BCUT2D eigenvalue weighted by molar-refractivity contribution is -0.124. The summed E-state index contributed by atoms with van der Waals surface area (Å²) in [7, 11) is 0. The molecule has 1 aliphatic heterocycles. The van der Waals surface area contributed by atoms with Crippen LogP contribution in [0.15, 0.2) is 65.8 Å². The fourth-order valence-electron chi connectivity index (χ4n) is 4.89. The van der Waals surface area contributed by atoms with Crippen LogP contribution >= 0.6 is 0 Å². The van der Waals surface area contributed by atoms with Gasteiger partial charge in [-0.15, -0.1) is 0 Å². The highest BCUT2D eigenvalue weighted by molar-refractivity contribution is 5.82. The Bertz CT molecular complexity index is 1370. The van der Waals surface area contributed by atoms with Crippen molar-refractivity contribution in [3.8, 4) is 0 Å². The summed E-state index contributed by atoms with van der Waals surface area (Å²) in [6.45, 7) is 0.866. The van der Waals surface area contributed by atoms with Gasteiger partial charge in [-0.1, -0.05) is 30.3 Å².